The lowest BCUT2D eigenvalue weighted by atomic mass is 10.3. The highest BCUT2D eigenvalue weighted by Gasteiger charge is 2.34. The fourth-order valence-electron chi connectivity index (χ4n) is 1.87. The number of alkyl halides is 3. The summed E-state index contributed by atoms with van der Waals surface area (Å²) in [6.07, 6.45) is -5.13. The van der Waals surface area contributed by atoms with Gasteiger partial charge in [-0.05, 0) is 12.1 Å². The van der Waals surface area contributed by atoms with E-state index in [1.807, 2.05) is 0 Å². The lowest BCUT2D eigenvalue weighted by molar-refractivity contribution is -0.275. The van der Waals surface area contributed by atoms with Crippen molar-refractivity contribution in [1.29, 1.82) is 0 Å². The summed E-state index contributed by atoms with van der Waals surface area (Å²) >= 11 is 0. The molecule has 11 nitrogen and oxygen atoms in total. The first-order chi connectivity index (χ1) is 13.5. The molecule has 1 aromatic heterocycles. The second-order valence-corrected chi connectivity index (χ2v) is 6.72. The van der Waals surface area contributed by atoms with E-state index in [0.29, 0.717) is 4.90 Å². The largest absolute Gasteiger partial charge is 0.573 e. The lowest BCUT2D eigenvalue weighted by Gasteiger charge is -2.18. The summed E-state index contributed by atoms with van der Waals surface area (Å²) < 4.78 is 77.3. The first kappa shape index (κ1) is 21.9. The number of hydrogen-bond donors (Lipinski definition) is 1. The first-order valence-corrected chi connectivity index (χ1v) is 8.94. The molecule has 0 aliphatic carbocycles. The van der Waals surface area contributed by atoms with Crippen LogP contribution in [-0.2, 0) is 10.0 Å². The van der Waals surface area contributed by atoms with E-state index >= 15 is 0 Å². The zero-order valence-corrected chi connectivity index (χ0v) is 15.9. The third-order valence-corrected chi connectivity index (χ3v) is 4.50. The van der Waals surface area contributed by atoms with Crippen LogP contribution in [-0.4, -0.2) is 57.0 Å². The average molecular weight is 437 g/mol. The van der Waals surface area contributed by atoms with Gasteiger partial charge in [-0.1, -0.05) is 12.1 Å². The Labute approximate surface area is 162 Å². The second-order valence-electron chi connectivity index (χ2n) is 5.07. The summed E-state index contributed by atoms with van der Waals surface area (Å²) in [5.41, 5.74) is 0. The highest BCUT2D eigenvalue weighted by atomic mass is 32.2. The molecule has 0 aliphatic rings. The van der Waals surface area contributed by atoms with E-state index in [0.717, 1.165) is 31.3 Å². The van der Waals surface area contributed by atoms with Crippen LogP contribution in [0, 0.1) is 0 Å². The number of anilines is 1. The van der Waals surface area contributed by atoms with Crippen molar-refractivity contribution in [3.63, 3.8) is 0 Å². The van der Waals surface area contributed by atoms with E-state index in [2.05, 4.69) is 19.7 Å². The first-order valence-electron chi connectivity index (χ1n) is 7.46. The van der Waals surface area contributed by atoms with Crippen molar-refractivity contribution < 1.29 is 40.6 Å². The smallest absolute Gasteiger partial charge is 0.467 e. The zero-order chi connectivity index (χ0) is 21.8. The third-order valence-electron chi connectivity index (χ3n) is 3.14. The van der Waals surface area contributed by atoms with Gasteiger partial charge in [0, 0.05) is 7.05 Å². The fraction of sp³-hybridized carbons (Fsp3) is 0.286. The Morgan fingerprint density at radius 1 is 1.07 bits per heavy atom. The summed E-state index contributed by atoms with van der Waals surface area (Å²) in [4.78, 5) is 23.3. The molecule has 2 amide bonds. The molecule has 0 radical (unpaired) electrons. The van der Waals surface area contributed by atoms with E-state index < -0.39 is 33.1 Å². The van der Waals surface area contributed by atoms with Gasteiger partial charge in [-0.25, -0.2) is 17.9 Å². The van der Waals surface area contributed by atoms with E-state index in [4.69, 9.17) is 9.47 Å². The number of halogens is 3. The number of rotatable bonds is 6. The van der Waals surface area contributed by atoms with Crippen LogP contribution in [0.4, 0.5) is 23.9 Å². The number of aromatic nitrogens is 3. The van der Waals surface area contributed by atoms with Crippen LogP contribution in [0.5, 0.6) is 17.8 Å². The number of benzene rings is 1. The minimum atomic E-state index is -5.13. The number of carbonyl (C=O) groups excluding carboxylic acids is 1. The highest BCUT2D eigenvalue weighted by molar-refractivity contribution is 7.90. The quantitative estimate of drug-likeness (QED) is 0.710. The number of para-hydroxylation sites is 1. The third kappa shape index (κ3) is 5.56. The molecule has 0 fully saturated rings. The van der Waals surface area contributed by atoms with Gasteiger partial charge in [0.05, 0.1) is 14.2 Å². The van der Waals surface area contributed by atoms with E-state index in [-0.39, 0.29) is 18.0 Å². The molecule has 0 saturated carbocycles. The summed E-state index contributed by atoms with van der Waals surface area (Å²) in [7, 11) is -1.16. The van der Waals surface area contributed by atoms with Crippen molar-refractivity contribution >= 4 is 22.0 Å². The van der Waals surface area contributed by atoms with Crippen molar-refractivity contribution in [1.82, 2.24) is 19.7 Å². The molecule has 158 valence electrons. The molecule has 1 N–H and O–H groups in total. The fourth-order valence-corrected chi connectivity index (χ4v) is 2.98. The predicted molar refractivity (Wildman–Crippen MR) is 90.2 cm³/mol. The molecule has 0 bridgehead atoms. The molecule has 0 atom stereocenters. The van der Waals surface area contributed by atoms with Crippen LogP contribution in [0.3, 0.4) is 0 Å². The van der Waals surface area contributed by atoms with Crippen LogP contribution in [0.2, 0.25) is 0 Å². The molecule has 0 unspecified atom stereocenters. The normalized spacial score (nSPS) is 11.5. The summed E-state index contributed by atoms with van der Waals surface area (Å²) in [6, 6.07) is 2.20. The van der Waals surface area contributed by atoms with Crippen LogP contribution in [0.15, 0.2) is 29.2 Å². The van der Waals surface area contributed by atoms with Gasteiger partial charge >= 0.3 is 24.4 Å². The Morgan fingerprint density at radius 3 is 2.14 bits per heavy atom. The van der Waals surface area contributed by atoms with Crippen molar-refractivity contribution in [3.8, 4) is 17.8 Å². The minimum absolute atomic E-state index is 0.224. The number of nitrogens with one attached hydrogen (secondary N) is 1. The molecular formula is C14H14F3N5O6S. The maximum absolute atomic E-state index is 12.5. The Morgan fingerprint density at radius 2 is 1.62 bits per heavy atom. The number of sulfonamides is 1. The van der Waals surface area contributed by atoms with Crippen molar-refractivity contribution in [2.45, 2.75) is 11.3 Å². The molecule has 1 heterocycles. The topological polar surface area (TPSA) is 133 Å². The van der Waals surface area contributed by atoms with Crippen molar-refractivity contribution in [2.24, 2.45) is 0 Å². The molecule has 15 heteroatoms. The van der Waals surface area contributed by atoms with Gasteiger partial charge in [0.2, 0.25) is 5.95 Å². The zero-order valence-electron chi connectivity index (χ0n) is 15.1. The van der Waals surface area contributed by atoms with Crippen molar-refractivity contribution in [3.05, 3.63) is 24.3 Å². The second kappa shape index (κ2) is 8.34. The summed E-state index contributed by atoms with van der Waals surface area (Å²) in [5, 5.41) is 0. The van der Waals surface area contributed by atoms with Crippen LogP contribution < -0.4 is 23.8 Å². The number of urea groups is 1. The number of ether oxygens (including phenoxy) is 3. The molecule has 2 rings (SSSR count). The molecule has 29 heavy (non-hydrogen) atoms. The molecule has 2 aromatic rings. The van der Waals surface area contributed by atoms with Crippen molar-refractivity contribution in [2.75, 3.05) is 26.2 Å². The number of carbonyl (C=O) groups is 1. The monoisotopic (exact) mass is 437 g/mol. The Balaban J connectivity index is 2.31. The molecule has 0 saturated heterocycles. The molecular weight excluding hydrogens is 423 g/mol. The van der Waals surface area contributed by atoms with E-state index in [1.165, 1.54) is 14.2 Å². The van der Waals surface area contributed by atoms with E-state index in [1.54, 1.807) is 4.72 Å². The van der Waals surface area contributed by atoms with Gasteiger partial charge in [-0.2, -0.15) is 9.97 Å². The Hall–Kier alpha value is -3.36. The number of amides is 2. The minimum Gasteiger partial charge on any atom is -0.467 e. The highest BCUT2D eigenvalue weighted by Crippen LogP contribution is 2.29. The molecule has 1 aromatic carbocycles. The Kier molecular flexibility index (Phi) is 6.31. The van der Waals surface area contributed by atoms with Crippen LogP contribution in [0.1, 0.15) is 0 Å². The maximum Gasteiger partial charge on any atom is 0.573 e. The lowest BCUT2D eigenvalue weighted by Crippen LogP contribution is -2.41. The van der Waals surface area contributed by atoms with Gasteiger partial charge in [0.1, 0.15) is 10.6 Å². The number of hydrogen-bond acceptors (Lipinski definition) is 9. The number of nitrogens with zero attached hydrogens (tertiary/aromatic N) is 4. The predicted octanol–water partition coefficient (Wildman–Crippen LogP) is 1.32. The van der Waals surface area contributed by atoms with Crippen LogP contribution >= 0.6 is 0 Å². The van der Waals surface area contributed by atoms with Crippen LogP contribution in [0.25, 0.3) is 0 Å². The summed E-state index contributed by atoms with van der Waals surface area (Å²) in [6.45, 7) is 0. The Bertz CT molecular complexity index is 979. The number of methoxy groups -OCH3 is 2. The molecule has 0 aliphatic heterocycles. The summed E-state index contributed by atoms with van der Waals surface area (Å²) in [5.74, 6) is -1.35. The van der Waals surface area contributed by atoms with Gasteiger partial charge in [0.25, 0.3) is 10.0 Å². The standard InChI is InChI=1S/C14H14F3N5O6S/c1-22(10-18-11(26-2)20-12(19-10)27-3)13(23)21-29(24,25)9-7-5-4-6-8(9)28-14(15,16)17/h4-7H,1-3H3,(H,21,23). The van der Waals surface area contributed by atoms with E-state index in [9.17, 15) is 26.4 Å². The maximum atomic E-state index is 12.5. The van der Waals surface area contributed by atoms with Gasteiger partial charge in [-0.3, -0.25) is 4.90 Å². The van der Waals surface area contributed by atoms with Gasteiger partial charge in [-0.15, -0.1) is 18.2 Å². The average Bonchev–Trinajstić information content (AvgIpc) is 2.65. The van der Waals surface area contributed by atoms with Gasteiger partial charge < -0.3 is 14.2 Å². The van der Waals surface area contributed by atoms with Gasteiger partial charge in [0.15, 0.2) is 0 Å². The molecule has 0 spiro atoms. The SMILES string of the molecule is COc1nc(OC)nc(N(C)C(=O)NS(=O)(=O)c2ccccc2OC(F)(F)F)n1.